The van der Waals surface area contributed by atoms with E-state index in [1.54, 1.807) is 32.0 Å². The Kier molecular flexibility index (Phi) is 3.92. The van der Waals surface area contributed by atoms with Gasteiger partial charge in [0.05, 0.1) is 16.6 Å². The standard InChI is InChI=1S/C17H18N4O3/c1-9(2)18-11-5-4-6-12-15(11)17(24)21(10(3)19-12)13-7-8-14(22)20-16(13)23/h4-6,13,18H,1,7-8H2,2-3H3,(H,20,22,23). The molecule has 1 saturated heterocycles. The molecule has 0 aliphatic carbocycles. The summed E-state index contributed by atoms with van der Waals surface area (Å²) in [7, 11) is 0. The molecule has 1 fully saturated rings. The van der Waals surface area contributed by atoms with Crippen LogP contribution >= 0.6 is 0 Å². The number of imide groups is 1. The lowest BCUT2D eigenvalue weighted by atomic mass is 10.1. The summed E-state index contributed by atoms with van der Waals surface area (Å²) in [5, 5.41) is 5.73. The zero-order chi connectivity index (χ0) is 17.4. The van der Waals surface area contributed by atoms with Gasteiger partial charge in [-0.1, -0.05) is 12.6 Å². The number of anilines is 1. The van der Waals surface area contributed by atoms with Crippen molar-refractivity contribution >= 4 is 28.4 Å². The number of carbonyl (C=O) groups is 2. The average molecular weight is 326 g/mol. The van der Waals surface area contributed by atoms with Crippen LogP contribution < -0.4 is 16.2 Å². The van der Waals surface area contributed by atoms with Crippen LogP contribution in [-0.4, -0.2) is 21.4 Å². The Morgan fingerprint density at radius 2 is 2.12 bits per heavy atom. The molecule has 1 unspecified atom stereocenters. The number of benzene rings is 1. The second kappa shape index (κ2) is 5.92. The first-order valence-electron chi connectivity index (χ1n) is 7.66. The maximum atomic E-state index is 13.1. The minimum Gasteiger partial charge on any atom is -0.359 e. The predicted molar refractivity (Wildman–Crippen MR) is 90.6 cm³/mol. The van der Waals surface area contributed by atoms with E-state index in [4.69, 9.17) is 0 Å². The van der Waals surface area contributed by atoms with Crippen molar-refractivity contribution in [3.8, 4) is 0 Å². The zero-order valence-electron chi connectivity index (χ0n) is 13.5. The van der Waals surface area contributed by atoms with E-state index in [1.165, 1.54) is 4.57 Å². The highest BCUT2D eigenvalue weighted by molar-refractivity contribution is 5.99. The Balaban J connectivity index is 2.22. The number of nitrogens with one attached hydrogen (secondary N) is 2. The molecular formula is C17H18N4O3. The molecule has 1 aliphatic heterocycles. The van der Waals surface area contributed by atoms with Crippen LogP contribution in [0.5, 0.6) is 0 Å². The average Bonchev–Trinajstić information content (AvgIpc) is 2.48. The van der Waals surface area contributed by atoms with Crippen LogP contribution in [0.4, 0.5) is 5.69 Å². The van der Waals surface area contributed by atoms with Gasteiger partial charge in [0.15, 0.2) is 0 Å². The van der Waals surface area contributed by atoms with Crippen LogP contribution in [0.3, 0.4) is 0 Å². The molecule has 0 spiro atoms. The second-order valence-electron chi connectivity index (χ2n) is 5.91. The lowest BCUT2D eigenvalue weighted by molar-refractivity contribution is -0.135. The molecule has 0 saturated carbocycles. The van der Waals surface area contributed by atoms with E-state index in [0.29, 0.717) is 28.1 Å². The second-order valence-corrected chi connectivity index (χ2v) is 5.91. The van der Waals surface area contributed by atoms with Crippen molar-refractivity contribution in [2.45, 2.75) is 32.7 Å². The Morgan fingerprint density at radius 3 is 2.79 bits per heavy atom. The van der Waals surface area contributed by atoms with Crippen molar-refractivity contribution in [2.24, 2.45) is 0 Å². The first kappa shape index (κ1) is 15.9. The molecule has 1 aromatic heterocycles. The van der Waals surface area contributed by atoms with Crippen molar-refractivity contribution in [1.82, 2.24) is 14.9 Å². The van der Waals surface area contributed by atoms with Gasteiger partial charge < -0.3 is 5.32 Å². The number of hydrogen-bond acceptors (Lipinski definition) is 5. The first-order valence-corrected chi connectivity index (χ1v) is 7.66. The minimum absolute atomic E-state index is 0.200. The van der Waals surface area contributed by atoms with Crippen LogP contribution in [0.15, 0.2) is 35.3 Å². The highest BCUT2D eigenvalue weighted by atomic mass is 16.2. The summed E-state index contributed by atoms with van der Waals surface area (Å²) in [5.41, 5.74) is 1.53. The SMILES string of the molecule is C=C(C)Nc1cccc2nc(C)n(C3CCC(=O)NC3=O)c(=O)c12. The molecule has 7 nitrogen and oxygen atoms in total. The van der Waals surface area contributed by atoms with Crippen LogP contribution in [0.25, 0.3) is 10.9 Å². The van der Waals surface area contributed by atoms with Gasteiger partial charge in [0, 0.05) is 12.1 Å². The van der Waals surface area contributed by atoms with Gasteiger partial charge in [-0.25, -0.2) is 4.98 Å². The molecule has 2 amide bonds. The fourth-order valence-corrected chi connectivity index (χ4v) is 2.98. The molecule has 7 heteroatoms. The third kappa shape index (κ3) is 2.68. The molecule has 2 heterocycles. The molecule has 2 aromatic rings. The number of carbonyl (C=O) groups excluding carboxylic acids is 2. The summed E-state index contributed by atoms with van der Waals surface area (Å²) < 4.78 is 1.37. The van der Waals surface area contributed by atoms with Gasteiger partial charge in [-0.15, -0.1) is 0 Å². The van der Waals surface area contributed by atoms with Crippen LogP contribution in [0, 0.1) is 6.92 Å². The topological polar surface area (TPSA) is 93.1 Å². The lowest BCUT2D eigenvalue weighted by Crippen LogP contribution is -2.45. The lowest BCUT2D eigenvalue weighted by Gasteiger charge is -2.24. The van der Waals surface area contributed by atoms with Gasteiger partial charge in [0.2, 0.25) is 11.8 Å². The number of allylic oxidation sites excluding steroid dienone is 1. The van der Waals surface area contributed by atoms with Crippen molar-refractivity contribution < 1.29 is 9.59 Å². The maximum Gasteiger partial charge on any atom is 0.264 e. The first-order chi connectivity index (χ1) is 11.4. The van der Waals surface area contributed by atoms with E-state index in [9.17, 15) is 14.4 Å². The number of amides is 2. The van der Waals surface area contributed by atoms with Gasteiger partial charge in [-0.05, 0) is 32.4 Å². The Morgan fingerprint density at radius 1 is 1.38 bits per heavy atom. The Hall–Kier alpha value is -2.96. The van der Waals surface area contributed by atoms with Gasteiger partial charge in [0.25, 0.3) is 5.56 Å². The highest BCUT2D eigenvalue weighted by Gasteiger charge is 2.30. The monoisotopic (exact) mass is 326 g/mol. The van der Waals surface area contributed by atoms with Gasteiger partial charge in [-0.3, -0.25) is 24.3 Å². The predicted octanol–water partition coefficient (Wildman–Crippen LogP) is 1.63. The fourth-order valence-electron chi connectivity index (χ4n) is 2.98. The maximum absolute atomic E-state index is 13.1. The van der Waals surface area contributed by atoms with Crippen molar-refractivity contribution in [1.29, 1.82) is 0 Å². The largest absolute Gasteiger partial charge is 0.359 e. The summed E-state index contributed by atoms with van der Waals surface area (Å²) in [4.78, 5) is 41.0. The highest BCUT2D eigenvalue weighted by Crippen LogP contribution is 2.23. The third-order valence-electron chi connectivity index (χ3n) is 3.98. The van der Waals surface area contributed by atoms with E-state index in [1.807, 2.05) is 0 Å². The summed E-state index contributed by atoms with van der Waals surface area (Å²) in [6.45, 7) is 7.27. The number of rotatable bonds is 3. The van der Waals surface area contributed by atoms with Crippen molar-refractivity contribution in [3.05, 3.63) is 46.7 Å². The third-order valence-corrected chi connectivity index (χ3v) is 3.98. The smallest absolute Gasteiger partial charge is 0.264 e. The van der Waals surface area contributed by atoms with E-state index in [2.05, 4.69) is 22.2 Å². The molecule has 1 aliphatic rings. The fraction of sp³-hybridized carbons (Fsp3) is 0.294. The van der Waals surface area contributed by atoms with Gasteiger partial charge in [0.1, 0.15) is 11.9 Å². The summed E-state index contributed by atoms with van der Waals surface area (Å²) in [6, 6.07) is 4.59. The zero-order valence-corrected chi connectivity index (χ0v) is 13.5. The molecular weight excluding hydrogens is 308 g/mol. The quantitative estimate of drug-likeness (QED) is 0.836. The normalized spacial score (nSPS) is 17.7. The molecule has 0 bridgehead atoms. The van der Waals surface area contributed by atoms with E-state index < -0.39 is 11.9 Å². The number of aryl methyl sites for hydroxylation is 1. The van der Waals surface area contributed by atoms with Crippen molar-refractivity contribution in [3.63, 3.8) is 0 Å². The van der Waals surface area contributed by atoms with E-state index in [0.717, 1.165) is 0 Å². The summed E-state index contributed by atoms with van der Waals surface area (Å²) >= 11 is 0. The van der Waals surface area contributed by atoms with Crippen LogP contribution in [-0.2, 0) is 9.59 Å². The molecule has 1 aromatic carbocycles. The molecule has 2 N–H and O–H groups in total. The van der Waals surface area contributed by atoms with Crippen LogP contribution in [0.2, 0.25) is 0 Å². The number of fused-ring (bicyclic) bond motifs is 1. The van der Waals surface area contributed by atoms with E-state index >= 15 is 0 Å². The number of hydrogen-bond donors (Lipinski definition) is 2. The number of piperidine rings is 1. The molecule has 24 heavy (non-hydrogen) atoms. The van der Waals surface area contributed by atoms with Crippen LogP contribution in [0.1, 0.15) is 31.6 Å². The summed E-state index contributed by atoms with van der Waals surface area (Å²) in [5.74, 6) is -0.349. The Labute approximate surface area is 138 Å². The molecule has 3 rings (SSSR count). The summed E-state index contributed by atoms with van der Waals surface area (Å²) in [6.07, 6.45) is 0.487. The number of aromatic nitrogens is 2. The van der Waals surface area contributed by atoms with E-state index in [-0.39, 0.29) is 24.3 Å². The molecule has 1 atom stereocenters. The van der Waals surface area contributed by atoms with Crippen molar-refractivity contribution in [2.75, 3.05) is 5.32 Å². The van der Waals surface area contributed by atoms with Gasteiger partial charge >= 0.3 is 0 Å². The van der Waals surface area contributed by atoms with Gasteiger partial charge in [-0.2, -0.15) is 0 Å². The molecule has 0 radical (unpaired) electrons. The minimum atomic E-state index is -0.731. The molecule has 124 valence electrons. The Bertz CT molecular complexity index is 929. The number of nitrogens with zero attached hydrogens (tertiary/aromatic N) is 2.